The van der Waals surface area contributed by atoms with Gasteiger partial charge in [0.25, 0.3) is 5.91 Å². The van der Waals surface area contributed by atoms with Crippen LogP contribution in [0.3, 0.4) is 0 Å². The number of ether oxygens (including phenoxy) is 1. The molecule has 2 unspecified atom stereocenters. The molecule has 9 heteroatoms. The number of hydrogen-bond donors (Lipinski definition) is 0. The van der Waals surface area contributed by atoms with E-state index in [-0.39, 0.29) is 31.0 Å². The molecule has 3 aliphatic rings. The van der Waals surface area contributed by atoms with Gasteiger partial charge in [-0.15, -0.1) is 0 Å². The van der Waals surface area contributed by atoms with Crippen molar-refractivity contribution in [1.29, 1.82) is 0 Å². The topological polar surface area (TPSA) is 85.8 Å². The number of imide groups is 1. The summed E-state index contributed by atoms with van der Waals surface area (Å²) in [5.74, 6) is -0.159. The van der Waals surface area contributed by atoms with Crippen LogP contribution in [0, 0.1) is 6.92 Å². The van der Waals surface area contributed by atoms with E-state index in [1.54, 1.807) is 18.9 Å². The summed E-state index contributed by atoms with van der Waals surface area (Å²) in [6, 6.07) is 6.72. The number of likely N-dealkylation sites (N-methyl/N-ethyl adjacent to an activating group) is 1. The fourth-order valence-electron chi connectivity index (χ4n) is 4.34. The van der Waals surface area contributed by atoms with Gasteiger partial charge < -0.3 is 14.5 Å². The highest BCUT2D eigenvalue weighted by molar-refractivity contribution is 6.05. The van der Waals surface area contributed by atoms with Crippen LogP contribution in [0.25, 0.3) is 0 Å². The van der Waals surface area contributed by atoms with Gasteiger partial charge in [-0.2, -0.15) is 0 Å². The predicted molar refractivity (Wildman–Crippen MR) is 113 cm³/mol. The second-order valence-electron chi connectivity index (χ2n) is 8.03. The van der Waals surface area contributed by atoms with Crippen molar-refractivity contribution in [3.05, 3.63) is 46.8 Å². The summed E-state index contributed by atoms with van der Waals surface area (Å²) < 4.78 is 5.09. The van der Waals surface area contributed by atoms with E-state index in [1.807, 2.05) is 49.9 Å². The zero-order chi connectivity index (χ0) is 22.4. The molecule has 1 aromatic carbocycles. The Bertz CT molecular complexity index is 1020. The number of esters is 1. The molecule has 3 amide bonds. The molecule has 0 radical (unpaired) electrons. The van der Waals surface area contributed by atoms with E-state index >= 15 is 0 Å². The van der Waals surface area contributed by atoms with Gasteiger partial charge in [0.1, 0.15) is 6.54 Å². The Balaban J connectivity index is 1.64. The van der Waals surface area contributed by atoms with Crippen LogP contribution in [-0.2, 0) is 20.9 Å². The van der Waals surface area contributed by atoms with Crippen LogP contribution in [0.4, 0.5) is 4.79 Å². The Morgan fingerprint density at radius 2 is 1.87 bits per heavy atom. The van der Waals surface area contributed by atoms with Crippen molar-refractivity contribution in [2.45, 2.75) is 46.4 Å². The minimum Gasteiger partial charge on any atom is -0.465 e. The van der Waals surface area contributed by atoms with Crippen LogP contribution < -0.4 is 0 Å². The van der Waals surface area contributed by atoms with Crippen molar-refractivity contribution in [2.24, 2.45) is 4.99 Å². The molecule has 31 heavy (non-hydrogen) atoms. The SMILES string of the molecule is CCOC(=O)CN1C2=NC3C(C(=O)N(Cc4cccc(C)c4)C(=O)N3C)N2C(C)=C1C. The summed E-state index contributed by atoms with van der Waals surface area (Å²) in [4.78, 5) is 49.7. The maximum absolute atomic E-state index is 13.5. The monoisotopic (exact) mass is 425 g/mol. The van der Waals surface area contributed by atoms with Crippen LogP contribution in [-0.4, -0.2) is 75.9 Å². The van der Waals surface area contributed by atoms with Gasteiger partial charge in [-0.1, -0.05) is 29.8 Å². The van der Waals surface area contributed by atoms with Crippen LogP contribution in [0.2, 0.25) is 0 Å². The number of benzene rings is 1. The fourth-order valence-corrected chi connectivity index (χ4v) is 4.34. The number of fused-ring (bicyclic) bond motifs is 3. The number of nitrogens with zero attached hydrogens (tertiary/aromatic N) is 5. The first-order chi connectivity index (χ1) is 14.7. The molecule has 1 aromatic rings. The largest absolute Gasteiger partial charge is 0.465 e. The van der Waals surface area contributed by atoms with Crippen molar-refractivity contribution >= 4 is 23.9 Å². The summed E-state index contributed by atoms with van der Waals surface area (Å²) in [5.41, 5.74) is 3.63. The lowest BCUT2D eigenvalue weighted by Crippen LogP contribution is -2.64. The molecule has 0 spiro atoms. The highest BCUT2D eigenvalue weighted by Crippen LogP contribution is 2.37. The molecule has 0 bridgehead atoms. The van der Waals surface area contributed by atoms with Crippen LogP contribution >= 0.6 is 0 Å². The highest BCUT2D eigenvalue weighted by Gasteiger charge is 2.55. The molecule has 0 N–H and O–H groups in total. The second kappa shape index (κ2) is 7.72. The molecule has 164 valence electrons. The molecule has 0 saturated carbocycles. The van der Waals surface area contributed by atoms with Crippen molar-refractivity contribution in [3.8, 4) is 0 Å². The fraction of sp³-hybridized carbons (Fsp3) is 0.455. The number of aliphatic imine (C=N–C) groups is 1. The average Bonchev–Trinajstić information content (AvgIpc) is 3.22. The van der Waals surface area contributed by atoms with Gasteiger partial charge in [0.15, 0.2) is 12.2 Å². The van der Waals surface area contributed by atoms with Gasteiger partial charge >= 0.3 is 12.0 Å². The zero-order valence-electron chi connectivity index (χ0n) is 18.5. The third-order valence-electron chi connectivity index (χ3n) is 6.02. The minimum absolute atomic E-state index is 0.00461. The molecule has 1 fully saturated rings. The average molecular weight is 425 g/mol. The number of amides is 3. The van der Waals surface area contributed by atoms with Crippen molar-refractivity contribution in [1.82, 2.24) is 19.6 Å². The van der Waals surface area contributed by atoms with Gasteiger partial charge in [-0.3, -0.25) is 19.4 Å². The van der Waals surface area contributed by atoms with E-state index in [2.05, 4.69) is 4.99 Å². The first-order valence-corrected chi connectivity index (χ1v) is 10.4. The third kappa shape index (κ3) is 3.34. The lowest BCUT2D eigenvalue weighted by molar-refractivity contribution is -0.143. The molecule has 0 aliphatic carbocycles. The lowest BCUT2D eigenvalue weighted by Gasteiger charge is -2.40. The van der Waals surface area contributed by atoms with Gasteiger partial charge in [0.2, 0.25) is 5.96 Å². The van der Waals surface area contributed by atoms with Crippen LogP contribution in [0.1, 0.15) is 31.9 Å². The molecular weight excluding hydrogens is 398 g/mol. The number of guanidine groups is 1. The summed E-state index contributed by atoms with van der Waals surface area (Å²) in [6.07, 6.45) is -0.642. The maximum atomic E-state index is 13.5. The lowest BCUT2D eigenvalue weighted by atomic mass is 10.1. The minimum atomic E-state index is -0.662. The number of hydrogen-bond acceptors (Lipinski definition) is 7. The van der Waals surface area contributed by atoms with E-state index in [0.717, 1.165) is 22.5 Å². The third-order valence-corrected chi connectivity index (χ3v) is 6.02. The normalized spacial score (nSPS) is 22.8. The summed E-state index contributed by atoms with van der Waals surface area (Å²) in [6.45, 7) is 8.01. The quantitative estimate of drug-likeness (QED) is 0.670. The molecule has 4 rings (SSSR count). The maximum Gasteiger partial charge on any atom is 0.328 e. The standard InChI is InChI=1S/C22H27N5O4/c1-6-31-17(28)12-25-14(3)15(4)27-18-19(23-21(25)27)24(5)22(30)26(20(18)29)11-16-9-7-8-13(2)10-16/h7-10,18-19H,6,11-12H2,1-5H3. The Hall–Kier alpha value is -3.36. The number of allylic oxidation sites excluding steroid dienone is 2. The summed E-state index contributed by atoms with van der Waals surface area (Å²) in [5, 5.41) is 0. The van der Waals surface area contributed by atoms with Crippen molar-refractivity contribution in [2.75, 3.05) is 20.2 Å². The van der Waals surface area contributed by atoms with E-state index in [1.165, 1.54) is 9.80 Å². The van der Waals surface area contributed by atoms with E-state index in [0.29, 0.717) is 12.6 Å². The Labute approximate surface area is 181 Å². The Morgan fingerprint density at radius 3 is 2.55 bits per heavy atom. The molecule has 1 saturated heterocycles. The van der Waals surface area contributed by atoms with E-state index < -0.39 is 12.2 Å². The summed E-state index contributed by atoms with van der Waals surface area (Å²) >= 11 is 0. The van der Waals surface area contributed by atoms with Crippen LogP contribution in [0.5, 0.6) is 0 Å². The van der Waals surface area contributed by atoms with E-state index in [9.17, 15) is 14.4 Å². The number of aryl methyl sites for hydroxylation is 1. The molecular formula is C22H27N5O4. The smallest absolute Gasteiger partial charge is 0.328 e. The summed E-state index contributed by atoms with van der Waals surface area (Å²) in [7, 11) is 1.66. The predicted octanol–water partition coefficient (Wildman–Crippen LogP) is 1.89. The van der Waals surface area contributed by atoms with Gasteiger partial charge in [-0.05, 0) is 33.3 Å². The first-order valence-electron chi connectivity index (χ1n) is 10.4. The van der Waals surface area contributed by atoms with Gasteiger partial charge in [-0.25, -0.2) is 9.79 Å². The molecule has 0 aromatic heterocycles. The van der Waals surface area contributed by atoms with Crippen molar-refractivity contribution in [3.63, 3.8) is 0 Å². The Morgan fingerprint density at radius 1 is 1.13 bits per heavy atom. The number of carbonyl (C=O) groups is 3. The molecule has 3 aliphatic heterocycles. The second-order valence-corrected chi connectivity index (χ2v) is 8.03. The highest BCUT2D eigenvalue weighted by atomic mass is 16.5. The zero-order valence-corrected chi connectivity index (χ0v) is 18.5. The van der Waals surface area contributed by atoms with Crippen molar-refractivity contribution < 1.29 is 19.1 Å². The number of rotatable bonds is 5. The number of carbonyl (C=O) groups excluding carboxylic acids is 3. The Kier molecular flexibility index (Phi) is 5.20. The van der Waals surface area contributed by atoms with Gasteiger partial charge in [0.05, 0.1) is 13.2 Å². The number of urea groups is 1. The molecule has 2 atom stereocenters. The van der Waals surface area contributed by atoms with E-state index in [4.69, 9.17) is 4.74 Å². The van der Waals surface area contributed by atoms with Gasteiger partial charge in [0, 0.05) is 18.4 Å². The van der Waals surface area contributed by atoms with Crippen LogP contribution in [0.15, 0.2) is 40.7 Å². The molecule has 3 heterocycles. The molecule has 9 nitrogen and oxygen atoms in total. The first kappa shape index (κ1) is 20.9.